The highest BCUT2D eigenvalue weighted by molar-refractivity contribution is 6.04. The predicted octanol–water partition coefficient (Wildman–Crippen LogP) is 1.78. The predicted molar refractivity (Wildman–Crippen MR) is 69.9 cm³/mol. The molecule has 0 aliphatic carbocycles. The molecule has 5 heteroatoms. The summed E-state index contributed by atoms with van der Waals surface area (Å²) in [7, 11) is 0. The number of aliphatic hydroxyl groups is 1. The third-order valence-electron chi connectivity index (χ3n) is 3.30. The van der Waals surface area contributed by atoms with Crippen LogP contribution in [-0.2, 0) is 0 Å². The summed E-state index contributed by atoms with van der Waals surface area (Å²) in [5, 5.41) is 28.7. The summed E-state index contributed by atoms with van der Waals surface area (Å²) in [4.78, 5) is 12.4. The van der Waals surface area contributed by atoms with Crippen LogP contribution in [-0.4, -0.2) is 27.4 Å². The molecule has 0 radical (unpaired) electrons. The molecule has 0 fully saturated rings. The van der Waals surface area contributed by atoms with Crippen LogP contribution in [0.4, 0.5) is 0 Å². The van der Waals surface area contributed by atoms with Gasteiger partial charge in [0.25, 0.3) is 0 Å². The number of carbonyl (C=O) groups is 1. The molecule has 0 aromatic heterocycles. The fourth-order valence-corrected chi connectivity index (χ4v) is 2.30. The summed E-state index contributed by atoms with van der Waals surface area (Å²) in [5.41, 5.74) is 0.866. The van der Waals surface area contributed by atoms with Crippen LogP contribution in [0.25, 0.3) is 0 Å². The molecule has 5 nitrogen and oxygen atoms in total. The first-order chi connectivity index (χ1) is 9.56. The highest BCUT2D eigenvalue weighted by Crippen LogP contribution is 2.37. The average Bonchev–Trinajstić information content (AvgIpc) is 2.40. The Kier molecular flexibility index (Phi) is 2.84. The minimum Gasteiger partial charge on any atom is -0.508 e. The Morgan fingerprint density at radius 2 is 1.60 bits per heavy atom. The van der Waals surface area contributed by atoms with Gasteiger partial charge in [-0.1, -0.05) is 12.1 Å². The summed E-state index contributed by atoms with van der Waals surface area (Å²) in [5.74, 6) is -0.931. The molecular formula is C15H12O5. The maximum atomic E-state index is 12.4. The van der Waals surface area contributed by atoms with Crippen LogP contribution in [0, 0.1) is 0 Å². The normalized spacial score (nSPS) is 21.1. The quantitative estimate of drug-likeness (QED) is 0.736. The summed E-state index contributed by atoms with van der Waals surface area (Å²) >= 11 is 0. The molecule has 2 atom stereocenters. The van der Waals surface area contributed by atoms with Gasteiger partial charge in [0.15, 0.2) is 5.78 Å². The molecule has 1 aliphatic heterocycles. The fraction of sp³-hybridized carbons (Fsp3) is 0.133. The first kappa shape index (κ1) is 12.5. The van der Waals surface area contributed by atoms with Crippen LogP contribution < -0.4 is 4.74 Å². The van der Waals surface area contributed by atoms with Crippen molar-refractivity contribution < 1.29 is 24.9 Å². The molecule has 0 amide bonds. The number of hydrogen-bond acceptors (Lipinski definition) is 5. The number of phenolic OH excluding ortho intramolecular Hbond substituents is 2. The number of aromatic hydroxyl groups is 2. The van der Waals surface area contributed by atoms with Gasteiger partial charge >= 0.3 is 0 Å². The molecule has 3 N–H and O–H groups in total. The van der Waals surface area contributed by atoms with Crippen molar-refractivity contribution in [3.8, 4) is 17.2 Å². The number of hydrogen-bond donors (Lipinski definition) is 3. The van der Waals surface area contributed by atoms with Crippen LogP contribution in [0.2, 0.25) is 0 Å². The maximum Gasteiger partial charge on any atom is 0.211 e. The molecule has 2 aromatic carbocycles. The molecule has 102 valence electrons. The largest absolute Gasteiger partial charge is 0.508 e. The lowest BCUT2D eigenvalue weighted by molar-refractivity contribution is -0.0386. The van der Waals surface area contributed by atoms with E-state index in [2.05, 4.69) is 0 Å². The first-order valence-corrected chi connectivity index (χ1v) is 6.07. The van der Waals surface area contributed by atoms with Crippen molar-refractivity contribution in [1.29, 1.82) is 0 Å². The Balaban J connectivity index is 2.04. The zero-order chi connectivity index (χ0) is 14.3. The highest BCUT2D eigenvalue weighted by Gasteiger charge is 2.37. The second kappa shape index (κ2) is 4.54. The fourth-order valence-electron chi connectivity index (χ4n) is 2.30. The molecular weight excluding hydrogens is 260 g/mol. The van der Waals surface area contributed by atoms with Gasteiger partial charge in [-0.05, 0) is 29.8 Å². The average molecular weight is 272 g/mol. The Labute approximate surface area is 114 Å². The van der Waals surface area contributed by atoms with E-state index >= 15 is 0 Å². The molecule has 3 rings (SSSR count). The Morgan fingerprint density at radius 3 is 2.30 bits per heavy atom. The van der Waals surface area contributed by atoms with Gasteiger partial charge in [0.1, 0.15) is 23.2 Å². The van der Waals surface area contributed by atoms with Gasteiger partial charge in [0, 0.05) is 6.07 Å². The number of rotatable bonds is 1. The Morgan fingerprint density at radius 1 is 0.950 bits per heavy atom. The van der Waals surface area contributed by atoms with E-state index in [4.69, 9.17) is 4.74 Å². The summed E-state index contributed by atoms with van der Waals surface area (Å²) in [6.07, 6.45) is -1.33. The van der Waals surface area contributed by atoms with Crippen molar-refractivity contribution in [2.75, 3.05) is 0 Å². The number of phenols is 2. The number of ether oxygens (including phenoxy) is 1. The van der Waals surface area contributed by atoms with Crippen molar-refractivity contribution >= 4 is 5.78 Å². The smallest absolute Gasteiger partial charge is 0.211 e. The molecule has 0 spiro atoms. The van der Waals surface area contributed by atoms with Crippen LogP contribution in [0.3, 0.4) is 0 Å². The second-order valence-corrected chi connectivity index (χ2v) is 4.62. The molecule has 1 unspecified atom stereocenters. The number of Topliss-reactive ketones (excluding diaryl/α,β-unsaturated/α-hetero) is 1. The third-order valence-corrected chi connectivity index (χ3v) is 3.30. The van der Waals surface area contributed by atoms with Crippen molar-refractivity contribution in [2.24, 2.45) is 0 Å². The maximum absolute atomic E-state index is 12.4. The lowest BCUT2D eigenvalue weighted by Gasteiger charge is -2.29. The van der Waals surface area contributed by atoms with Gasteiger partial charge in [-0.15, -0.1) is 0 Å². The molecule has 2 aromatic rings. The van der Waals surface area contributed by atoms with Gasteiger partial charge in [-0.25, -0.2) is 0 Å². The SMILES string of the molecule is O=C1c2ccc(O)cc2O[C@H](O)C1c1ccc(O)cc1. The van der Waals surface area contributed by atoms with Crippen LogP contribution in [0.1, 0.15) is 21.8 Å². The van der Waals surface area contributed by atoms with Crippen LogP contribution in [0.15, 0.2) is 42.5 Å². The summed E-state index contributed by atoms with van der Waals surface area (Å²) < 4.78 is 5.29. The number of aliphatic hydroxyl groups excluding tert-OH is 1. The van der Waals surface area contributed by atoms with E-state index in [0.29, 0.717) is 11.1 Å². The zero-order valence-corrected chi connectivity index (χ0v) is 10.4. The highest BCUT2D eigenvalue weighted by atomic mass is 16.6. The van der Waals surface area contributed by atoms with E-state index in [1.54, 1.807) is 12.1 Å². The Bertz CT molecular complexity index is 662. The van der Waals surface area contributed by atoms with E-state index in [-0.39, 0.29) is 23.0 Å². The lowest BCUT2D eigenvalue weighted by atomic mass is 9.87. The van der Waals surface area contributed by atoms with Gasteiger partial charge in [-0.3, -0.25) is 4.79 Å². The molecule has 0 saturated heterocycles. The van der Waals surface area contributed by atoms with Gasteiger partial charge in [-0.2, -0.15) is 0 Å². The molecule has 1 heterocycles. The number of fused-ring (bicyclic) bond motifs is 1. The number of carbonyl (C=O) groups excluding carboxylic acids is 1. The van der Waals surface area contributed by atoms with Crippen molar-refractivity contribution in [3.63, 3.8) is 0 Å². The summed E-state index contributed by atoms with van der Waals surface area (Å²) in [6, 6.07) is 10.2. The van der Waals surface area contributed by atoms with Crippen LogP contribution >= 0.6 is 0 Å². The monoisotopic (exact) mass is 272 g/mol. The summed E-state index contributed by atoms with van der Waals surface area (Å²) in [6.45, 7) is 0. The topological polar surface area (TPSA) is 87.0 Å². The van der Waals surface area contributed by atoms with Gasteiger partial charge in [0.2, 0.25) is 6.29 Å². The minimum atomic E-state index is -1.33. The van der Waals surface area contributed by atoms with Crippen molar-refractivity contribution in [3.05, 3.63) is 53.6 Å². The molecule has 1 aliphatic rings. The van der Waals surface area contributed by atoms with E-state index in [1.807, 2.05) is 0 Å². The standard InChI is InChI=1S/C15H12O5/c16-9-3-1-8(2-4-9)13-14(18)11-6-5-10(17)7-12(11)20-15(13)19/h1-7,13,15-17,19H/t13?,15-/m0/s1. The Hall–Kier alpha value is -2.53. The third kappa shape index (κ3) is 1.98. The second-order valence-electron chi connectivity index (χ2n) is 4.62. The van der Waals surface area contributed by atoms with E-state index in [1.165, 1.54) is 30.3 Å². The van der Waals surface area contributed by atoms with E-state index in [9.17, 15) is 20.1 Å². The molecule has 20 heavy (non-hydrogen) atoms. The molecule has 0 bridgehead atoms. The van der Waals surface area contributed by atoms with E-state index in [0.717, 1.165) is 0 Å². The number of benzene rings is 2. The minimum absolute atomic E-state index is 0.0353. The molecule has 0 saturated carbocycles. The van der Waals surface area contributed by atoms with Gasteiger partial charge in [0.05, 0.1) is 5.56 Å². The number of ketones is 1. The zero-order valence-electron chi connectivity index (χ0n) is 10.4. The lowest BCUT2D eigenvalue weighted by Crippen LogP contribution is -2.35. The van der Waals surface area contributed by atoms with E-state index < -0.39 is 12.2 Å². The van der Waals surface area contributed by atoms with Crippen LogP contribution in [0.5, 0.6) is 17.2 Å². The first-order valence-electron chi connectivity index (χ1n) is 6.07. The van der Waals surface area contributed by atoms with Crippen molar-refractivity contribution in [2.45, 2.75) is 12.2 Å². The van der Waals surface area contributed by atoms with Crippen molar-refractivity contribution in [1.82, 2.24) is 0 Å². The van der Waals surface area contributed by atoms with Gasteiger partial charge < -0.3 is 20.1 Å².